The van der Waals surface area contributed by atoms with Gasteiger partial charge < -0.3 is 5.73 Å². The zero-order valence-electron chi connectivity index (χ0n) is 9.31. The second kappa shape index (κ2) is 5.18. The monoisotopic (exact) mass is 233 g/mol. The molecule has 2 rings (SSSR count). The van der Waals surface area contributed by atoms with Crippen LogP contribution in [0.3, 0.4) is 0 Å². The molecule has 0 unspecified atom stereocenters. The highest BCUT2D eigenvalue weighted by Gasteiger charge is 2.02. The van der Waals surface area contributed by atoms with E-state index in [-0.39, 0.29) is 0 Å². The highest BCUT2D eigenvalue weighted by molar-refractivity contribution is 7.11. The first-order chi connectivity index (χ1) is 7.78. The van der Waals surface area contributed by atoms with Gasteiger partial charge in [-0.15, -0.1) is 21.5 Å². The number of rotatable bonds is 4. The average molecular weight is 233 g/mol. The van der Waals surface area contributed by atoms with E-state index in [4.69, 9.17) is 5.73 Å². The van der Waals surface area contributed by atoms with Crippen molar-refractivity contribution in [1.29, 1.82) is 0 Å². The van der Waals surface area contributed by atoms with Gasteiger partial charge in [0.25, 0.3) is 0 Å². The minimum atomic E-state index is 0.488. The topological polar surface area (TPSA) is 51.8 Å². The van der Waals surface area contributed by atoms with Crippen molar-refractivity contribution in [3.63, 3.8) is 0 Å². The molecule has 1 aromatic heterocycles. The Morgan fingerprint density at radius 1 is 1.06 bits per heavy atom. The molecule has 0 spiro atoms. The van der Waals surface area contributed by atoms with Crippen molar-refractivity contribution < 1.29 is 0 Å². The number of benzene rings is 1. The standard InChI is InChI=1S/C12H15N3S/c1-9-2-4-10(5-3-9)6-7-11-14-15-12(8-13)16-11/h2-5H,6-8,13H2,1H3. The van der Waals surface area contributed by atoms with E-state index in [2.05, 4.69) is 41.4 Å². The molecule has 2 aromatic rings. The highest BCUT2D eigenvalue weighted by Crippen LogP contribution is 2.12. The van der Waals surface area contributed by atoms with Crippen molar-refractivity contribution in [2.24, 2.45) is 5.73 Å². The van der Waals surface area contributed by atoms with Crippen molar-refractivity contribution >= 4 is 11.3 Å². The molecule has 0 bridgehead atoms. The van der Waals surface area contributed by atoms with Crippen LogP contribution in [-0.2, 0) is 19.4 Å². The quantitative estimate of drug-likeness (QED) is 0.879. The zero-order chi connectivity index (χ0) is 11.4. The van der Waals surface area contributed by atoms with Crippen LogP contribution in [-0.4, -0.2) is 10.2 Å². The largest absolute Gasteiger partial charge is 0.324 e. The highest BCUT2D eigenvalue weighted by atomic mass is 32.1. The molecule has 84 valence electrons. The van der Waals surface area contributed by atoms with Gasteiger partial charge in [-0.2, -0.15) is 0 Å². The van der Waals surface area contributed by atoms with Gasteiger partial charge in [-0.3, -0.25) is 0 Å². The van der Waals surface area contributed by atoms with E-state index >= 15 is 0 Å². The predicted octanol–water partition coefficient (Wildman–Crippen LogP) is 2.09. The molecular weight excluding hydrogens is 218 g/mol. The third kappa shape index (κ3) is 2.87. The first-order valence-electron chi connectivity index (χ1n) is 5.35. The lowest BCUT2D eigenvalue weighted by Crippen LogP contribution is -1.94. The van der Waals surface area contributed by atoms with Gasteiger partial charge in [-0.25, -0.2) is 0 Å². The van der Waals surface area contributed by atoms with Crippen molar-refractivity contribution in [3.05, 3.63) is 45.4 Å². The van der Waals surface area contributed by atoms with E-state index in [9.17, 15) is 0 Å². The Labute approximate surface area is 99.3 Å². The van der Waals surface area contributed by atoms with E-state index in [0.717, 1.165) is 22.9 Å². The third-order valence-electron chi connectivity index (χ3n) is 2.43. The molecule has 2 N–H and O–H groups in total. The molecule has 1 aromatic carbocycles. The number of hydrogen-bond acceptors (Lipinski definition) is 4. The van der Waals surface area contributed by atoms with Gasteiger partial charge in [0, 0.05) is 13.0 Å². The van der Waals surface area contributed by atoms with Crippen LogP contribution >= 0.6 is 11.3 Å². The fourth-order valence-corrected chi connectivity index (χ4v) is 2.20. The summed E-state index contributed by atoms with van der Waals surface area (Å²) in [5.41, 5.74) is 8.13. The van der Waals surface area contributed by atoms with Crippen LogP contribution in [0.5, 0.6) is 0 Å². The molecule has 0 saturated heterocycles. The molecule has 16 heavy (non-hydrogen) atoms. The average Bonchev–Trinajstić information content (AvgIpc) is 2.76. The number of aromatic nitrogens is 2. The summed E-state index contributed by atoms with van der Waals surface area (Å²) in [7, 11) is 0. The summed E-state index contributed by atoms with van der Waals surface area (Å²) >= 11 is 1.61. The molecule has 0 radical (unpaired) electrons. The van der Waals surface area contributed by atoms with E-state index in [1.807, 2.05) is 0 Å². The van der Waals surface area contributed by atoms with Crippen LogP contribution in [0.25, 0.3) is 0 Å². The van der Waals surface area contributed by atoms with Crippen LogP contribution in [0, 0.1) is 6.92 Å². The maximum absolute atomic E-state index is 5.49. The molecule has 0 atom stereocenters. The van der Waals surface area contributed by atoms with Gasteiger partial charge in [-0.1, -0.05) is 29.8 Å². The number of nitrogens with zero attached hydrogens (tertiary/aromatic N) is 2. The molecule has 1 heterocycles. The summed E-state index contributed by atoms with van der Waals surface area (Å²) in [6, 6.07) is 8.61. The summed E-state index contributed by atoms with van der Waals surface area (Å²) in [5.74, 6) is 0. The summed E-state index contributed by atoms with van der Waals surface area (Å²) in [5, 5.41) is 10.1. The number of aryl methyl sites for hydroxylation is 3. The smallest absolute Gasteiger partial charge is 0.131 e. The molecule has 3 nitrogen and oxygen atoms in total. The van der Waals surface area contributed by atoms with Gasteiger partial charge in [0.05, 0.1) is 0 Å². The Morgan fingerprint density at radius 3 is 2.38 bits per heavy atom. The van der Waals surface area contributed by atoms with Gasteiger partial charge in [-0.05, 0) is 18.9 Å². The molecule has 0 aliphatic carbocycles. The predicted molar refractivity (Wildman–Crippen MR) is 66.4 cm³/mol. The normalized spacial score (nSPS) is 10.6. The van der Waals surface area contributed by atoms with Crippen LogP contribution in [0.2, 0.25) is 0 Å². The molecule has 4 heteroatoms. The molecule has 0 aliphatic rings. The minimum Gasteiger partial charge on any atom is -0.324 e. The molecule has 0 fully saturated rings. The summed E-state index contributed by atoms with van der Waals surface area (Å²) in [6.45, 7) is 2.59. The van der Waals surface area contributed by atoms with E-state index < -0.39 is 0 Å². The van der Waals surface area contributed by atoms with E-state index in [1.165, 1.54) is 11.1 Å². The Bertz CT molecular complexity index is 448. The number of hydrogen-bond donors (Lipinski definition) is 1. The molecular formula is C12H15N3S. The van der Waals surface area contributed by atoms with Gasteiger partial charge in [0.1, 0.15) is 10.0 Å². The number of nitrogens with two attached hydrogens (primary N) is 1. The van der Waals surface area contributed by atoms with Gasteiger partial charge in [0.15, 0.2) is 0 Å². The zero-order valence-corrected chi connectivity index (χ0v) is 10.1. The van der Waals surface area contributed by atoms with Gasteiger partial charge >= 0.3 is 0 Å². The summed E-state index contributed by atoms with van der Waals surface area (Å²) < 4.78 is 0. The third-order valence-corrected chi connectivity index (χ3v) is 3.44. The first-order valence-corrected chi connectivity index (χ1v) is 6.16. The summed E-state index contributed by atoms with van der Waals surface area (Å²) in [6.07, 6.45) is 1.96. The fourth-order valence-electron chi connectivity index (χ4n) is 1.48. The van der Waals surface area contributed by atoms with Crippen LogP contribution in [0.15, 0.2) is 24.3 Å². The Morgan fingerprint density at radius 2 is 1.75 bits per heavy atom. The molecule has 0 aliphatic heterocycles. The maximum Gasteiger partial charge on any atom is 0.131 e. The fraction of sp³-hybridized carbons (Fsp3) is 0.333. The SMILES string of the molecule is Cc1ccc(CCc2nnc(CN)s2)cc1. The Balaban J connectivity index is 1.94. The van der Waals surface area contributed by atoms with Gasteiger partial charge in [0.2, 0.25) is 0 Å². The van der Waals surface area contributed by atoms with E-state index in [1.54, 1.807) is 11.3 Å². The van der Waals surface area contributed by atoms with Crippen molar-refractivity contribution in [1.82, 2.24) is 10.2 Å². The second-order valence-corrected chi connectivity index (χ2v) is 4.93. The maximum atomic E-state index is 5.49. The second-order valence-electron chi connectivity index (χ2n) is 3.78. The van der Waals surface area contributed by atoms with E-state index in [0.29, 0.717) is 6.54 Å². The molecule has 0 saturated carbocycles. The van der Waals surface area contributed by atoms with Crippen LogP contribution in [0.4, 0.5) is 0 Å². The molecule has 0 amide bonds. The van der Waals surface area contributed by atoms with Crippen LogP contribution in [0.1, 0.15) is 21.1 Å². The van der Waals surface area contributed by atoms with Crippen LogP contribution < -0.4 is 5.73 Å². The lowest BCUT2D eigenvalue weighted by atomic mass is 10.1. The first kappa shape index (κ1) is 11.2. The van der Waals surface area contributed by atoms with Crippen molar-refractivity contribution in [3.8, 4) is 0 Å². The Hall–Kier alpha value is -1.26. The Kier molecular flexibility index (Phi) is 3.64. The van der Waals surface area contributed by atoms with Crippen molar-refractivity contribution in [2.75, 3.05) is 0 Å². The lowest BCUT2D eigenvalue weighted by Gasteiger charge is -1.99. The minimum absolute atomic E-state index is 0.488. The lowest BCUT2D eigenvalue weighted by molar-refractivity contribution is 0.882. The summed E-state index contributed by atoms with van der Waals surface area (Å²) in [4.78, 5) is 0. The van der Waals surface area contributed by atoms with Crippen molar-refractivity contribution in [2.45, 2.75) is 26.3 Å².